The molecular weight excluding hydrogens is 172 g/mol. The molecule has 0 saturated heterocycles. The molecule has 0 unspecified atom stereocenters. The molecule has 0 heterocycles. The molecule has 2 nitrogen and oxygen atoms in total. The number of hydrogen-bond donors (Lipinski definition) is 0. The van der Waals surface area contributed by atoms with E-state index in [1.54, 1.807) is 0 Å². The Hall–Kier alpha value is -1.28. The Balaban J connectivity index is 2.53. The lowest BCUT2D eigenvalue weighted by Gasteiger charge is -2.15. The molecule has 0 amide bonds. The lowest BCUT2D eigenvalue weighted by molar-refractivity contribution is 0.434. The molecule has 1 rings (SSSR count). The first kappa shape index (κ1) is 10.8. The van der Waals surface area contributed by atoms with Crippen molar-refractivity contribution in [3.05, 3.63) is 11.6 Å². The predicted molar refractivity (Wildman–Crippen MR) is 55.1 cm³/mol. The molecule has 0 aromatic carbocycles. The number of rotatable bonds is 1. The van der Waals surface area contributed by atoms with E-state index in [2.05, 4.69) is 0 Å². The van der Waals surface area contributed by atoms with E-state index in [9.17, 15) is 0 Å². The van der Waals surface area contributed by atoms with Crippen LogP contribution in [0.1, 0.15) is 44.9 Å². The number of nitrogens with zero attached hydrogens (tertiary/aromatic N) is 2. The molecule has 1 aliphatic rings. The van der Waals surface area contributed by atoms with Crippen LogP contribution in [0.2, 0.25) is 0 Å². The van der Waals surface area contributed by atoms with E-state index < -0.39 is 0 Å². The lowest BCUT2D eigenvalue weighted by atomic mass is 9.90. The van der Waals surface area contributed by atoms with Gasteiger partial charge in [0.15, 0.2) is 0 Å². The van der Waals surface area contributed by atoms with Gasteiger partial charge in [0.25, 0.3) is 0 Å². The molecule has 0 N–H and O–H groups in total. The summed E-state index contributed by atoms with van der Waals surface area (Å²) in [6.07, 6.45) is 10.6. The van der Waals surface area contributed by atoms with Crippen molar-refractivity contribution in [2.75, 3.05) is 0 Å². The van der Waals surface area contributed by atoms with Gasteiger partial charge >= 0.3 is 0 Å². The molecule has 0 spiro atoms. The van der Waals surface area contributed by atoms with Crippen molar-refractivity contribution in [1.82, 2.24) is 0 Å². The van der Waals surface area contributed by atoms with Gasteiger partial charge in [-0.2, -0.15) is 10.5 Å². The fraction of sp³-hybridized carbons (Fsp3) is 0.667. The maximum Gasteiger partial charge on any atom is 0.125 e. The minimum atomic E-state index is 0.288. The number of allylic oxidation sites excluding steroid dienone is 2. The van der Waals surface area contributed by atoms with Crippen LogP contribution in [-0.2, 0) is 0 Å². The normalized spacial score (nSPS) is 18.4. The molecule has 0 atom stereocenters. The van der Waals surface area contributed by atoms with Crippen molar-refractivity contribution >= 4 is 0 Å². The Kier molecular flexibility index (Phi) is 4.79. The Bertz CT molecular complexity index is 254. The van der Waals surface area contributed by atoms with Crippen molar-refractivity contribution in [3.63, 3.8) is 0 Å². The monoisotopic (exact) mass is 188 g/mol. The average molecular weight is 188 g/mol. The molecule has 0 aliphatic heterocycles. The SMILES string of the molecule is N#CC(C#N)=CC1CCCCCCC1. The van der Waals surface area contributed by atoms with Crippen LogP contribution in [-0.4, -0.2) is 0 Å². The summed E-state index contributed by atoms with van der Waals surface area (Å²) in [4.78, 5) is 0. The highest BCUT2D eigenvalue weighted by Gasteiger charge is 2.09. The zero-order chi connectivity index (χ0) is 10.2. The Labute approximate surface area is 85.8 Å². The minimum absolute atomic E-state index is 0.288. The van der Waals surface area contributed by atoms with Crippen LogP contribution in [0.25, 0.3) is 0 Å². The first-order valence-corrected chi connectivity index (χ1v) is 5.39. The van der Waals surface area contributed by atoms with Crippen LogP contribution in [0, 0.1) is 28.6 Å². The van der Waals surface area contributed by atoms with Gasteiger partial charge in [-0.15, -0.1) is 0 Å². The van der Waals surface area contributed by atoms with Crippen molar-refractivity contribution in [1.29, 1.82) is 10.5 Å². The van der Waals surface area contributed by atoms with Crippen molar-refractivity contribution < 1.29 is 0 Å². The summed E-state index contributed by atoms with van der Waals surface area (Å²) < 4.78 is 0. The highest BCUT2D eigenvalue weighted by atomic mass is 14.3. The Morgan fingerprint density at radius 2 is 1.43 bits per heavy atom. The topological polar surface area (TPSA) is 47.6 Å². The van der Waals surface area contributed by atoms with E-state index in [0.717, 1.165) is 12.8 Å². The molecule has 0 aromatic heterocycles. The van der Waals surface area contributed by atoms with Gasteiger partial charge in [-0.05, 0) is 18.8 Å². The van der Waals surface area contributed by atoms with Crippen LogP contribution in [0.5, 0.6) is 0 Å². The zero-order valence-corrected chi connectivity index (χ0v) is 8.50. The van der Waals surface area contributed by atoms with E-state index in [-0.39, 0.29) is 5.57 Å². The highest BCUT2D eigenvalue weighted by molar-refractivity contribution is 5.35. The van der Waals surface area contributed by atoms with Gasteiger partial charge in [0, 0.05) is 0 Å². The van der Waals surface area contributed by atoms with E-state index >= 15 is 0 Å². The maximum absolute atomic E-state index is 8.64. The fourth-order valence-electron chi connectivity index (χ4n) is 1.99. The first-order valence-electron chi connectivity index (χ1n) is 5.39. The number of nitriles is 2. The van der Waals surface area contributed by atoms with Crippen molar-refractivity contribution in [3.8, 4) is 12.1 Å². The van der Waals surface area contributed by atoms with Crippen molar-refractivity contribution in [2.45, 2.75) is 44.9 Å². The Morgan fingerprint density at radius 3 is 1.93 bits per heavy atom. The second kappa shape index (κ2) is 6.22. The summed E-state index contributed by atoms with van der Waals surface area (Å²) in [7, 11) is 0. The summed E-state index contributed by atoms with van der Waals surface area (Å²) in [5.41, 5.74) is 0.288. The van der Waals surface area contributed by atoms with Gasteiger partial charge in [0.1, 0.15) is 17.7 Å². The smallest absolute Gasteiger partial charge is 0.125 e. The van der Waals surface area contributed by atoms with Crippen LogP contribution in [0.15, 0.2) is 11.6 Å². The molecule has 2 heteroatoms. The molecule has 0 bridgehead atoms. The second-order valence-electron chi connectivity index (χ2n) is 3.91. The van der Waals surface area contributed by atoms with Crippen LogP contribution < -0.4 is 0 Å². The van der Waals surface area contributed by atoms with Gasteiger partial charge in [-0.25, -0.2) is 0 Å². The summed E-state index contributed by atoms with van der Waals surface area (Å²) in [5, 5.41) is 17.3. The summed E-state index contributed by atoms with van der Waals surface area (Å²) in [6, 6.07) is 3.87. The van der Waals surface area contributed by atoms with E-state index in [0.29, 0.717) is 5.92 Å². The van der Waals surface area contributed by atoms with E-state index in [1.165, 1.54) is 32.1 Å². The summed E-state index contributed by atoms with van der Waals surface area (Å²) >= 11 is 0. The summed E-state index contributed by atoms with van der Waals surface area (Å²) in [6.45, 7) is 0. The minimum Gasteiger partial charge on any atom is -0.192 e. The quantitative estimate of drug-likeness (QED) is 0.592. The first-order chi connectivity index (χ1) is 6.86. The predicted octanol–water partition coefficient (Wildman–Crippen LogP) is 3.32. The second-order valence-corrected chi connectivity index (χ2v) is 3.91. The molecule has 14 heavy (non-hydrogen) atoms. The molecule has 1 fully saturated rings. The third-order valence-electron chi connectivity index (χ3n) is 2.79. The lowest BCUT2D eigenvalue weighted by Crippen LogP contribution is -2.01. The van der Waals surface area contributed by atoms with Gasteiger partial charge < -0.3 is 0 Å². The average Bonchev–Trinajstić information content (AvgIpc) is 2.16. The van der Waals surface area contributed by atoms with Gasteiger partial charge in [-0.1, -0.05) is 38.2 Å². The molecule has 74 valence electrons. The number of hydrogen-bond acceptors (Lipinski definition) is 2. The van der Waals surface area contributed by atoms with Gasteiger partial charge in [-0.3, -0.25) is 0 Å². The molecular formula is C12H16N2. The Morgan fingerprint density at radius 1 is 0.929 bits per heavy atom. The highest BCUT2D eigenvalue weighted by Crippen LogP contribution is 2.23. The van der Waals surface area contributed by atoms with E-state index in [1.807, 2.05) is 18.2 Å². The standard InChI is InChI=1S/C12H16N2/c13-9-12(10-14)8-11-6-4-2-1-3-5-7-11/h8,11H,1-7H2. The molecule has 1 aliphatic carbocycles. The molecule has 1 saturated carbocycles. The van der Waals surface area contributed by atoms with Crippen LogP contribution in [0.3, 0.4) is 0 Å². The third kappa shape index (κ3) is 3.62. The maximum atomic E-state index is 8.64. The van der Waals surface area contributed by atoms with Crippen LogP contribution >= 0.6 is 0 Å². The fourth-order valence-corrected chi connectivity index (χ4v) is 1.99. The zero-order valence-electron chi connectivity index (χ0n) is 8.50. The molecule has 0 radical (unpaired) electrons. The van der Waals surface area contributed by atoms with Crippen molar-refractivity contribution in [2.24, 2.45) is 5.92 Å². The van der Waals surface area contributed by atoms with Gasteiger partial charge in [0.05, 0.1) is 0 Å². The largest absolute Gasteiger partial charge is 0.192 e. The van der Waals surface area contributed by atoms with Crippen LogP contribution in [0.4, 0.5) is 0 Å². The third-order valence-corrected chi connectivity index (χ3v) is 2.79. The molecule has 0 aromatic rings. The van der Waals surface area contributed by atoms with Gasteiger partial charge in [0.2, 0.25) is 0 Å². The summed E-state index contributed by atoms with van der Waals surface area (Å²) in [5.74, 6) is 0.463. The van der Waals surface area contributed by atoms with E-state index in [4.69, 9.17) is 10.5 Å².